The van der Waals surface area contributed by atoms with Gasteiger partial charge in [-0.25, -0.2) is 0 Å². The minimum atomic E-state index is 0. The van der Waals surface area contributed by atoms with Crippen LogP contribution in [0.2, 0.25) is 0 Å². The lowest BCUT2D eigenvalue weighted by Crippen LogP contribution is -1.57. The molecule has 0 spiro atoms. The third kappa shape index (κ3) is 1.05. The highest BCUT2D eigenvalue weighted by Gasteiger charge is 1.86. The largest absolute Gasteiger partial charge is 0.366 e. The molecule has 1 nitrogen and oxygen atoms in total. The maximum atomic E-state index is 3.04. The highest BCUT2D eigenvalue weighted by molar-refractivity contribution is 6.92. The van der Waals surface area contributed by atoms with E-state index in [0.717, 1.165) is 0 Å². The number of hydrogen-bond acceptors (Lipinski definition) is 0. The second-order valence-corrected chi connectivity index (χ2v) is 2.08. The fourth-order valence-electron chi connectivity index (χ4n) is 0.995. The molecule has 52 valence electrons. The predicted molar refractivity (Wildman–Crippen MR) is 49.4 cm³/mol. The van der Waals surface area contributed by atoms with E-state index in [-0.39, 0.29) is 9.90 Å². The van der Waals surface area contributed by atoms with Crippen molar-refractivity contribution >= 4 is 20.7 Å². The zero-order valence-corrected chi connectivity index (χ0v) is 7.09. The quantitative estimate of drug-likeness (QED) is 0.556. The van der Waals surface area contributed by atoms with Crippen LogP contribution in [-0.2, 0) is 0 Å². The van der Waals surface area contributed by atoms with E-state index in [1.807, 2.05) is 24.5 Å². The van der Waals surface area contributed by atoms with Crippen LogP contribution in [0.5, 0.6) is 0 Å². The molecule has 0 fully saturated rings. The van der Waals surface area contributed by atoms with Crippen LogP contribution in [0, 0.1) is 0 Å². The van der Waals surface area contributed by atoms with Crippen molar-refractivity contribution in [2.75, 3.05) is 0 Å². The second kappa shape index (κ2) is 2.85. The number of aromatic amines is 1. The van der Waals surface area contributed by atoms with Crippen LogP contribution in [0.15, 0.2) is 36.7 Å². The van der Waals surface area contributed by atoms with Gasteiger partial charge in [0, 0.05) is 12.4 Å². The van der Waals surface area contributed by atoms with Gasteiger partial charge in [0.2, 0.25) is 0 Å². The number of H-pyrrole nitrogens is 1. The molecule has 0 amide bonds. The number of rotatable bonds is 0. The fourth-order valence-corrected chi connectivity index (χ4v) is 0.995. The molecule has 2 heteroatoms. The van der Waals surface area contributed by atoms with Gasteiger partial charge in [-0.3, -0.25) is 0 Å². The molecule has 1 aromatic carbocycles. The molecule has 1 N–H and O–H groups in total. The fraction of sp³-hybridized carbons (Fsp3) is 0. The standard InChI is InChI=1S/C8H7N.H3P/c1-2-4-8-6-9-5-7(8)3-1;/h1-6,9H;1H3. The summed E-state index contributed by atoms with van der Waals surface area (Å²) in [5.41, 5.74) is 0. The Morgan fingerprint density at radius 2 is 1.40 bits per heavy atom. The first kappa shape index (κ1) is 7.30. The minimum Gasteiger partial charge on any atom is -0.366 e. The second-order valence-electron chi connectivity index (χ2n) is 2.08. The lowest BCUT2D eigenvalue weighted by Gasteiger charge is -1.81. The van der Waals surface area contributed by atoms with Gasteiger partial charge in [0.15, 0.2) is 0 Å². The van der Waals surface area contributed by atoms with E-state index in [4.69, 9.17) is 0 Å². The molecule has 2 aromatic rings. The van der Waals surface area contributed by atoms with Crippen molar-refractivity contribution in [1.82, 2.24) is 4.98 Å². The number of benzene rings is 1. The maximum Gasteiger partial charge on any atom is 0.00843 e. The van der Waals surface area contributed by atoms with Crippen LogP contribution in [0.4, 0.5) is 0 Å². The first-order chi connectivity index (χ1) is 4.47. The van der Waals surface area contributed by atoms with Crippen LogP contribution < -0.4 is 0 Å². The summed E-state index contributed by atoms with van der Waals surface area (Å²) in [6.07, 6.45) is 3.99. The topological polar surface area (TPSA) is 15.8 Å². The van der Waals surface area contributed by atoms with Gasteiger partial charge in [-0.05, 0) is 10.8 Å². The molecule has 1 heterocycles. The number of nitrogens with one attached hydrogen (secondary N) is 1. The zero-order valence-electron chi connectivity index (χ0n) is 5.67. The predicted octanol–water partition coefficient (Wildman–Crippen LogP) is 2.23. The minimum absolute atomic E-state index is 0. The highest BCUT2D eigenvalue weighted by Crippen LogP contribution is 2.10. The number of hydrogen-bond donors (Lipinski definition) is 1. The van der Waals surface area contributed by atoms with Crippen LogP contribution in [0.1, 0.15) is 0 Å². The van der Waals surface area contributed by atoms with Gasteiger partial charge in [0.25, 0.3) is 0 Å². The summed E-state index contributed by atoms with van der Waals surface area (Å²) in [5, 5.41) is 2.55. The highest BCUT2D eigenvalue weighted by atomic mass is 31.0. The van der Waals surface area contributed by atoms with Crippen molar-refractivity contribution < 1.29 is 0 Å². The normalized spacial score (nSPS) is 9.20. The van der Waals surface area contributed by atoms with Crippen LogP contribution in [-0.4, -0.2) is 4.98 Å². The lowest BCUT2D eigenvalue weighted by molar-refractivity contribution is 1.43. The van der Waals surface area contributed by atoms with Gasteiger partial charge in [0.05, 0.1) is 0 Å². The molecule has 1 aromatic heterocycles. The molecule has 1 atom stereocenters. The summed E-state index contributed by atoms with van der Waals surface area (Å²) in [7, 11) is 0. The Bertz CT molecular complexity index is 283. The van der Waals surface area contributed by atoms with Gasteiger partial charge in [-0.1, -0.05) is 24.3 Å². The van der Waals surface area contributed by atoms with Crippen LogP contribution in [0.25, 0.3) is 10.8 Å². The average Bonchev–Trinajstić information content (AvgIpc) is 2.33. The summed E-state index contributed by atoms with van der Waals surface area (Å²) in [6, 6.07) is 8.25. The molecule has 0 saturated heterocycles. The first-order valence-corrected chi connectivity index (χ1v) is 2.98. The zero-order chi connectivity index (χ0) is 6.10. The van der Waals surface area contributed by atoms with Crippen LogP contribution in [0.3, 0.4) is 0 Å². The van der Waals surface area contributed by atoms with Gasteiger partial charge in [-0.15, -0.1) is 0 Å². The Labute approximate surface area is 63.1 Å². The Morgan fingerprint density at radius 1 is 0.900 bits per heavy atom. The Hall–Kier alpha value is -0.810. The van der Waals surface area contributed by atoms with E-state index in [1.54, 1.807) is 0 Å². The van der Waals surface area contributed by atoms with Crippen molar-refractivity contribution in [1.29, 1.82) is 0 Å². The van der Waals surface area contributed by atoms with Crippen LogP contribution >= 0.6 is 9.90 Å². The molecule has 10 heavy (non-hydrogen) atoms. The maximum absolute atomic E-state index is 3.04. The molecular formula is C8H10NP. The first-order valence-electron chi connectivity index (χ1n) is 2.98. The Kier molecular flexibility index (Phi) is 2.08. The molecule has 2 rings (SSSR count). The van der Waals surface area contributed by atoms with Gasteiger partial charge >= 0.3 is 0 Å². The molecule has 0 saturated carbocycles. The van der Waals surface area contributed by atoms with Crippen molar-refractivity contribution in [2.24, 2.45) is 0 Å². The molecule has 1 unspecified atom stereocenters. The summed E-state index contributed by atoms with van der Waals surface area (Å²) >= 11 is 0. The molecular weight excluding hydrogens is 141 g/mol. The summed E-state index contributed by atoms with van der Waals surface area (Å²) in [6.45, 7) is 0. The Morgan fingerprint density at radius 3 is 1.90 bits per heavy atom. The molecule has 0 aliphatic heterocycles. The van der Waals surface area contributed by atoms with Gasteiger partial charge < -0.3 is 4.98 Å². The smallest absolute Gasteiger partial charge is 0.00843 e. The van der Waals surface area contributed by atoms with Crippen molar-refractivity contribution in [3.8, 4) is 0 Å². The van der Waals surface area contributed by atoms with E-state index in [0.29, 0.717) is 0 Å². The van der Waals surface area contributed by atoms with E-state index in [1.165, 1.54) is 10.8 Å². The monoisotopic (exact) mass is 151 g/mol. The average molecular weight is 151 g/mol. The SMILES string of the molecule is P.c1ccc2c[nH]cc2c1. The third-order valence-electron chi connectivity index (χ3n) is 1.47. The molecule has 0 aliphatic carbocycles. The Balaban J connectivity index is 0.000000500. The van der Waals surface area contributed by atoms with Crippen molar-refractivity contribution in [3.63, 3.8) is 0 Å². The van der Waals surface area contributed by atoms with E-state index in [9.17, 15) is 0 Å². The lowest BCUT2D eigenvalue weighted by atomic mass is 10.2. The van der Waals surface area contributed by atoms with Crippen molar-refractivity contribution in [3.05, 3.63) is 36.7 Å². The van der Waals surface area contributed by atoms with Crippen molar-refractivity contribution in [2.45, 2.75) is 0 Å². The summed E-state index contributed by atoms with van der Waals surface area (Å²) in [5.74, 6) is 0. The number of fused-ring (bicyclic) bond motifs is 1. The number of aromatic nitrogens is 1. The molecule has 0 bridgehead atoms. The summed E-state index contributed by atoms with van der Waals surface area (Å²) in [4.78, 5) is 3.04. The molecule has 0 aliphatic rings. The van der Waals surface area contributed by atoms with E-state index >= 15 is 0 Å². The third-order valence-corrected chi connectivity index (χ3v) is 1.47. The van der Waals surface area contributed by atoms with E-state index in [2.05, 4.69) is 17.1 Å². The van der Waals surface area contributed by atoms with Gasteiger partial charge in [0.1, 0.15) is 0 Å². The van der Waals surface area contributed by atoms with Gasteiger partial charge in [-0.2, -0.15) is 9.90 Å². The summed E-state index contributed by atoms with van der Waals surface area (Å²) < 4.78 is 0. The van der Waals surface area contributed by atoms with E-state index < -0.39 is 0 Å². The molecule has 0 radical (unpaired) electrons.